The number of halogens is 2. The topological polar surface area (TPSA) is 91.0 Å². The summed E-state index contributed by atoms with van der Waals surface area (Å²) >= 11 is 12.1. The molecule has 1 aromatic carbocycles. The summed E-state index contributed by atoms with van der Waals surface area (Å²) in [5.74, 6) is -0.291. The van der Waals surface area contributed by atoms with Crippen LogP contribution in [0.1, 0.15) is 5.56 Å². The third kappa shape index (κ3) is 4.10. The van der Waals surface area contributed by atoms with Gasteiger partial charge in [-0.05, 0) is 24.6 Å². The van der Waals surface area contributed by atoms with Crippen molar-refractivity contribution in [3.8, 4) is 0 Å². The van der Waals surface area contributed by atoms with Gasteiger partial charge in [0.25, 0.3) is 5.91 Å². The van der Waals surface area contributed by atoms with Gasteiger partial charge in [-0.25, -0.2) is 18.1 Å². The molecule has 0 aliphatic carbocycles. The average molecular weight is 451 g/mol. The summed E-state index contributed by atoms with van der Waals surface area (Å²) in [6, 6.07) is 5.17. The minimum Gasteiger partial charge on any atom is -0.376 e. The number of ether oxygens (including phenoxy) is 1. The van der Waals surface area contributed by atoms with Crippen LogP contribution < -0.4 is 10.7 Å². The number of hydrazine groups is 1. The molecule has 2 saturated heterocycles. The third-order valence-electron chi connectivity index (χ3n) is 4.87. The number of carbonyl (C=O) groups is 1. The number of sulfonamides is 1. The van der Waals surface area contributed by atoms with Crippen molar-refractivity contribution in [3.05, 3.63) is 23.8 Å². The summed E-state index contributed by atoms with van der Waals surface area (Å²) in [5, 5.41) is 3.54. The fourth-order valence-corrected chi connectivity index (χ4v) is 4.66. The molecule has 0 spiro atoms. The maximum absolute atomic E-state index is 12.6. The first-order chi connectivity index (χ1) is 13.1. The lowest BCUT2D eigenvalue weighted by Gasteiger charge is -2.47. The lowest BCUT2D eigenvalue weighted by atomic mass is 9.95. The van der Waals surface area contributed by atoms with E-state index in [1.54, 1.807) is 19.1 Å². The summed E-state index contributed by atoms with van der Waals surface area (Å²) in [7, 11) is -0.578. The van der Waals surface area contributed by atoms with Crippen LogP contribution >= 0.6 is 23.2 Å². The Balaban J connectivity index is 1.81. The molecule has 28 heavy (non-hydrogen) atoms. The van der Waals surface area contributed by atoms with Crippen molar-refractivity contribution >= 4 is 44.8 Å². The van der Waals surface area contributed by atoms with Gasteiger partial charge in [0.1, 0.15) is 10.9 Å². The van der Waals surface area contributed by atoms with Crippen molar-refractivity contribution in [2.24, 2.45) is 0 Å². The largest absolute Gasteiger partial charge is 0.376 e. The number of aryl methyl sites for hydroxylation is 1. The second-order valence-electron chi connectivity index (χ2n) is 7.37. The second-order valence-corrected chi connectivity index (χ2v) is 10.5. The van der Waals surface area contributed by atoms with Crippen molar-refractivity contribution in [3.63, 3.8) is 0 Å². The van der Waals surface area contributed by atoms with E-state index in [1.165, 1.54) is 23.4 Å². The summed E-state index contributed by atoms with van der Waals surface area (Å²) in [6.45, 7) is 3.19. The lowest BCUT2D eigenvalue weighted by Crippen LogP contribution is -2.68. The molecular formula is C17H24Cl2N4O4S. The molecule has 1 aromatic rings. The molecule has 0 bridgehead atoms. The van der Waals surface area contributed by atoms with E-state index in [-0.39, 0.29) is 10.8 Å². The van der Waals surface area contributed by atoms with Crippen LogP contribution in [-0.2, 0) is 19.6 Å². The Morgan fingerprint density at radius 1 is 1.36 bits per heavy atom. The molecule has 2 fully saturated rings. The summed E-state index contributed by atoms with van der Waals surface area (Å²) in [4.78, 5) is 12.6. The first-order valence-corrected chi connectivity index (χ1v) is 11.1. The van der Waals surface area contributed by atoms with Gasteiger partial charge in [0.05, 0.1) is 30.0 Å². The van der Waals surface area contributed by atoms with Crippen LogP contribution in [0.15, 0.2) is 23.1 Å². The maximum Gasteiger partial charge on any atom is 0.256 e. The van der Waals surface area contributed by atoms with Crippen LogP contribution in [0.3, 0.4) is 0 Å². The van der Waals surface area contributed by atoms with Gasteiger partial charge in [0.15, 0.2) is 0 Å². The zero-order valence-electron chi connectivity index (χ0n) is 15.9. The number of rotatable bonds is 6. The number of carbonyl (C=O) groups excluding carboxylic acids is 1. The van der Waals surface area contributed by atoms with E-state index >= 15 is 0 Å². The quantitative estimate of drug-likeness (QED) is 0.627. The summed E-state index contributed by atoms with van der Waals surface area (Å²) in [6.07, 6.45) is 0. The molecule has 11 heteroatoms. The van der Waals surface area contributed by atoms with E-state index in [1.807, 2.05) is 6.07 Å². The van der Waals surface area contributed by atoms with Crippen molar-refractivity contribution in [2.75, 3.05) is 45.7 Å². The Morgan fingerprint density at radius 2 is 2.04 bits per heavy atom. The number of benzene rings is 1. The molecule has 2 aliphatic rings. The predicted octanol–water partition coefficient (Wildman–Crippen LogP) is 0.988. The number of nitrogens with zero attached hydrogens (tertiary/aromatic N) is 2. The highest BCUT2D eigenvalue weighted by Crippen LogP contribution is 2.29. The van der Waals surface area contributed by atoms with Gasteiger partial charge >= 0.3 is 0 Å². The first-order valence-electron chi connectivity index (χ1n) is 8.78. The van der Waals surface area contributed by atoms with Gasteiger partial charge in [0.2, 0.25) is 10.0 Å². The van der Waals surface area contributed by atoms with Crippen molar-refractivity contribution in [2.45, 2.75) is 28.1 Å². The average Bonchev–Trinajstić information content (AvgIpc) is 2.61. The zero-order valence-corrected chi connectivity index (χ0v) is 18.2. The van der Waals surface area contributed by atoms with Gasteiger partial charge in [-0.2, -0.15) is 0 Å². The number of hydrogen-bond acceptors (Lipinski definition) is 6. The van der Waals surface area contributed by atoms with Crippen LogP contribution in [0.4, 0.5) is 5.69 Å². The van der Waals surface area contributed by atoms with Gasteiger partial charge in [-0.1, -0.05) is 6.07 Å². The second kappa shape index (κ2) is 7.97. The standard InChI is InChI=1S/C17H24Cl2N4O4S/c1-11-4-5-12(6-14(11)28(25,26)22(2)3)21-17(9-27-10-17)8-23-16(24)15(19)13(18)7-20-23/h4-6,13,15,20-21H,7-10H2,1-3H3. The van der Waals surface area contributed by atoms with E-state index < -0.39 is 26.3 Å². The van der Waals surface area contributed by atoms with Crippen LogP contribution in [0, 0.1) is 6.92 Å². The van der Waals surface area contributed by atoms with Crippen LogP contribution in [-0.4, -0.2) is 80.3 Å². The van der Waals surface area contributed by atoms with E-state index in [9.17, 15) is 13.2 Å². The number of alkyl halides is 2. The summed E-state index contributed by atoms with van der Waals surface area (Å²) < 4.78 is 31.7. The lowest BCUT2D eigenvalue weighted by molar-refractivity contribution is -0.141. The van der Waals surface area contributed by atoms with E-state index in [0.717, 1.165) is 0 Å². The number of nitrogens with one attached hydrogen (secondary N) is 2. The molecule has 3 rings (SSSR count). The number of amides is 1. The maximum atomic E-state index is 12.6. The Hall–Kier alpha value is -1.10. The molecule has 2 heterocycles. The smallest absolute Gasteiger partial charge is 0.256 e. The van der Waals surface area contributed by atoms with Crippen LogP contribution in [0.2, 0.25) is 0 Å². The van der Waals surface area contributed by atoms with Gasteiger partial charge < -0.3 is 10.1 Å². The Bertz CT molecular complexity index is 861. The monoisotopic (exact) mass is 450 g/mol. The van der Waals surface area contributed by atoms with Crippen molar-refractivity contribution in [1.29, 1.82) is 0 Å². The minimum atomic E-state index is -3.57. The van der Waals surface area contributed by atoms with Gasteiger partial charge in [-0.15, -0.1) is 23.2 Å². The highest BCUT2D eigenvalue weighted by Gasteiger charge is 2.44. The van der Waals surface area contributed by atoms with Crippen LogP contribution in [0.25, 0.3) is 0 Å². The van der Waals surface area contributed by atoms with Gasteiger partial charge in [0, 0.05) is 26.3 Å². The predicted molar refractivity (Wildman–Crippen MR) is 108 cm³/mol. The molecular weight excluding hydrogens is 427 g/mol. The van der Waals surface area contributed by atoms with E-state index in [4.69, 9.17) is 27.9 Å². The van der Waals surface area contributed by atoms with Gasteiger partial charge in [-0.3, -0.25) is 9.80 Å². The first kappa shape index (κ1) is 21.6. The van der Waals surface area contributed by atoms with E-state index in [2.05, 4.69) is 10.7 Å². The Labute approximate surface area is 175 Å². The van der Waals surface area contributed by atoms with Crippen molar-refractivity contribution in [1.82, 2.24) is 14.7 Å². The molecule has 2 atom stereocenters. The molecule has 0 saturated carbocycles. The fraction of sp³-hybridized carbons (Fsp3) is 0.588. The molecule has 2 N–H and O–H groups in total. The fourth-order valence-electron chi connectivity index (χ4n) is 3.13. The Kier molecular flexibility index (Phi) is 6.15. The zero-order chi connectivity index (χ0) is 20.7. The molecule has 2 unspecified atom stereocenters. The molecule has 0 aromatic heterocycles. The highest BCUT2D eigenvalue weighted by atomic mass is 35.5. The van der Waals surface area contributed by atoms with Crippen LogP contribution in [0.5, 0.6) is 0 Å². The molecule has 156 valence electrons. The Morgan fingerprint density at radius 3 is 2.61 bits per heavy atom. The molecule has 2 aliphatic heterocycles. The molecule has 0 radical (unpaired) electrons. The minimum absolute atomic E-state index is 0.232. The number of anilines is 1. The summed E-state index contributed by atoms with van der Waals surface area (Å²) in [5.41, 5.74) is 3.73. The molecule has 8 nitrogen and oxygen atoms in total. The highest BCUT2D eigenvalue weighted by molar-refractivity contribution is 7.89. The SMILES string of the molecule is Cc1ccc(NC2(CN3NCC(Cl)C(Cl)C3=O)COC2)cc1S(=O)(=O)N(C)C. The van der Waals surface area contributed by atoms with E-state index in [0.29, 0.717) is 37.6 Å². The normalized spacial score (nSPS) is 24.9. The third-order valence-corrected chi connectivity index (χ3v) is 7.85. The molecule has 1 amide bonds. The van der Waals surface area contributed by atoms with Crippen molar-refractivity contribution < 1.29 is 17.9 Å². The number of hydrogen-bond donors (Lipinski definition) is 2.